The number of nitrogens with zero attached hydrogens (tertiary/aromatic N) is 3. The van der Waals surface area contributed by atoms with Gasteiger partial charge in [-0.05, 0) is 51.6 Å². The Morgan fingerprint density at radius 2 is 2.10 bits per heavy atom. The Morgan fingerprint density at radius 3 is 2.86 bits per heavy atom. The zero-order valence-electron chi connectivity index (χ0n) is 12.9. The molecule has 2 aliphatic rings. The summed E-state index contributed by atoms with van der Waals surface area (Å²) in [4.78, 5) is 11.9. The first-order valence-corrected chi connectivity index (χ1v) is 8.18. The summed E-state index contributed by atoms with van der Waals surface area (Å²) in [5.74, 6) is 2.94. The highest BCUT2D eigenvalue weighted by molar-refractivity contribution is 5.40. The number of hydrogen-bond donors (Lipinski definition) is 2. The summed E-state index contributed by atoms with van der Waals surface area (Å²) in [6.07, 6.45) is 4.51. The maximum atomic E-state index is 9.40. The van der Waals surface area contributed by atoms with Gasteiger partial charge in [-0.1, -0.05) is 0 Å². The number of rotatable bonds is 3. The summed E-state index contributed by atoms with van der Waals surface area (Å²) in [5, 5.41) is 12.8. The van der Waals surface area contributed by atoms with E-state index < -0.39 is 0 Å². The van der Waals surface area contributed by atoms with Crippen molar-refractivity contribution in [3.05, 3.63) is 17.6 Å². The molecule has 1 atom stereocenters. The van der Waals surface area contributed by atoms with Crippen LogP contribution in [-0.2, 0) is 0 Å². The second-order valence-corrected chi connectivity index (χ2v) is 6.39. The Hall–Kier alpha value is -1.20. The van der Waals surface area contributed by atoms with E-state index in [-0.39, 0.29) is 6.61 Å². The van der Waals surface area contributed by atoms with E-state index in [9.17, 15) is 5.11 Å². The maximum absolute atomic E-state index is 9.40. The first kappa shape index (κ1) is 14.7. The normalized spacial score (nSPS) is 24.3. The van der Waals surface area contributed by atoms with Gasteiger partial charge in [0.05, 0.1) is 0 Å². The molecule has 2 aliphatic heterocycles. The van der Waals surface area contributed by atoms with Crippen LogP contribution in [0.25, 0.3) is 0 Å². The largest absolute Gasteiger partial charge is 0.396 e. The fourth-order valence-electron chi connectivity index (χ4n) is 3.42. The molecule has 0 aliphatic carbocycles. The standard InChI is InChI=1S/C16H26N4O/c1-12-9-15(20-8-2-3-13(10-20)11-21)19-16(18-12)14-4-6-17-7-5-14/h9,13-14,17,21H,2-8,10-11H2,1H3. The molecule has 0 amide bonds. The molecular weight excluding hydrogens is 264 g/mol. The molecule has 2 saturated heterocycles. The van der Waals surface area contributed by atoms with Gasteiger partial charge in [0.25, 0.3) is 0 Å². The summed E-state index contributed by atoms with van der Waals surface area (Å²) in [7, 11) is 0. The molecule has 21 heavy (non-hydrogen) atoms. The predicted octanol–water partition coefficient (Wildman–Crippen LogP) is 1.46. The highest BCUT2D eigenvalue weighted by atomic mass is 16.3. The summed E-state index contributed by atoms with van der Waals surface area (Å²) >= 11 is 0. The molecule has 1 aromatic heterocycles. The summed E-state index contributed by atoms with van der Waals surface area (Å²) < 4.78 is 0. The highest BCUT2D eigenvalue weighted by Crippen LogP contribution is 2.26. The molecule has 0 saturated carbocycles. The van der Waals surface area contributed by atoms with Crippen molar-refractivity contribution in [2.75, 3.05) is 37.7 Å². The molecule has 1 aromatic rings. The molecule has 0 spiro atoms. The van der Waals surface area contributed by atoms with Crippen molar-refractivity contribution in [3.8, 4) is 0 Å². The molecule has 1 unspecified atom stereocenters. The van der Waals surface area contributed by atoms with Crippen LogP contribution in [0, 0.1) is 12.8 Å². The third-order valence-electron chi connectivity index (χ3n) is 4.66. The molecule has 3 heterocycles. The average Bonchev–Trinajstić information content (AvgIpc) is 2.55. The van der Waals surface area contributed by atoms with Gasteiger partial charge >= 0.3 is 0 Å². The second-order valence-electron chi connectivity index (χ2n) is 6.39. The minimum absolute atomic E-state index is 0.279. The topological polar surface area (TPSA) is 61.3 Å². The van der Waals surface area contributed by atoms with E-state index >= 15 is 0 Å². The maximum Gasteiger partial charge on any atom is 0.134 e. The zero-order chi connectivity index (χ0) is 14.7. The van der Waals surface area contributed by atoms with Gasteiger partial charge in [-0.15, -0.1) is 0 Å². The van der Waals surface area contributed by atoms with Crippen molar-refractivity contribution in [2.45, 2.75) is 38.5 Å². The molecule has 3 rings (SSSR count). The highest BCUT2D eigenvalue weighted by Gasteiger charge is 2.23. The van der Waals surface area contributed by atoms with Gasteiger partial charge < -0.3 is 15.3 Å². The zero-order valence-corrected chi connectivity index (χ0v) is 12.9. The number of aryl methyl sites for hydroxylation is 1. The van der Waals surface area contributed by atoms with Crippen LogP contribution >= 0.6 is 0 Å². The van der Waals surface area contributed by atoms with Crippen LogP contribution in [0.4, 0.5) is 5.82 Å². The SMILES string of the molecule is Cc1cc(N2CCCC(CO)C2)nc(C2CCNCC2)n1. The molecule has 116 valence electrons. The molecule has 0 bridgehead atoms. The monoisotopic (exact) mass is 290 g/mol. The van der Waals surface area contributed by atoms with E-state index in [1.54, 1.807) is 0 Å². The van der Waals surface area contributed by atoms with Crippen LogP contribution in [0.1, 0.15) is 43.1 Å². The summed E-state index contributed by atoms with van der Waals surface area (Å²) in [6, 6.07) is 2.09. The third kappa shape index (κ3) is 3.52. The summed E-state index contributed by atoms with van der Waals surface area (Å²) in [6.45, 7) is 6.42. The average molecular weight is 290 g/mol. The Balaban J connectivity index is 1.80. The fraction of sp³-hybridized carbons (Fsp3) is 0.750. The van der Waals surface area contributed by atoms with Crippen LogP contribution in [0.15, 0.2) is 6.07 Å². The molecular formula is C16H26N4O. The third-order valence-corrected chi connectivity index (χ3v) is 4.66. The molecule has 0 aromatic carbocycles. The van der Waals surface area contributed by atoms with Crippen LogP contribution in [0.3, 0.4) is 0 Å². The van der Waals surface area contributed by atoms with Gasteiger partial charge in [0.15, 0.2) is 0 Å². The predicted molar refractivity (Wildman–Crippen MR) is 83.6 cm³/mol. The van der Waals surface area contributed by atoms with Gasteiger partial charge in [-0.2, -0.15) is 0 Å². The minimum Gasteiger partial charge on any atom is -0.396 e. The van der Waals surface area contributed by atoms with Crippen LogP contribution in [-0.4, -0.2) is 47.9 Å². The van der Waals surface area contributed by atoms with Crippen molar-refractivity contribution in [1.82, 2.24) is 15.3 Å². The Morgan fingerprint density at radius 1 is 1.29 bits per heavy atom. The number of nitrogens with one attached hydrogen (secondary N) is 1. The quantitative estimate of drug-likeness (QED) is 0.882. The lowest BCUT2D eigenvalue weighted by atomic mass is 9.97. The molecule has 5 nitrogen and oxygen atoms in total. The molecule has 2 fully saturated rings. The molecule has 5 heteroatoms. The van der Waals surface area contributed by atoms with E-state index in [0.717, 1.165) is 69.2 Å². The lowest BCUT2D eigenvalue weighted by molar-refractivity contribution is 0.208. The van der Waals surface area contributed by atoms with Gasteiger partial charge in [0.1, 0.15) is 11.6 Å². The number of aliphatic hydroxyl groups is 1. The van der Waals surface area contributed by atoms with E-state index in [0.29, 0.717) is 11.8 Å². The number of aliphatic hydroxyl groups excluding tert-OH is 1. The van der Waals surface area contributed by atoms with Crippen LogP contribution in [0.5, 0.6) is 0 Å². The van der Waals surface area contributed by atoms with Crippen LogP contribution < -0.4 is 10.2 Å². The number of anilines is 1. The second kappa shape index (κ2) is 6.71. The van der Waals surface area contributed by atoms with E-state index in [1.165, 1.54) is 0 Å². The first-order valence-electron chi connectivity index (χ1n) is 8.18. The van der Waals surface area contributed by atoms with E-state index in [4.69, 9.17) is 4.98 Å². The van der Waals surface area contributed by atoms with Gasteiger partial charge in [0, 0.05) is 37.4 Å². The summed E-state index contributed by atoms with van der Waals surface area (Å²) in [5.41, 5.74) is 1.06. The minimum atomic E-state index is 0.279. The van der Waals surface area contributed by atoms with Crippen molar-refractivity contribution in [1.29, 1.82) is 0 Å². The smallest absolute Gasteiger partial charge is 0.134 e. The van der Waals surface area contributed by atoms with Gasteiger partial charge in [0.2, 0.25) is 0 Å². The molecule has 0 radical (unpaired) electrons. The lowest BCUT2D eigenvalue weighted by Gasteiger charge is -2.33. The number of aromatic nitrogens is 2. The fourth-order valence-corrected chi connectivity index (χ4v) is 3.42. The Kier molecular flexibility index (Phi) is 4.70. The Labute approximate surface area is 126 Å². The van der Waals surface area contributed by atoms with Crippen molar-refractivity contribution in [2.24, 2.45) is 5.92 Å². The van der Waals surface area contributed by atoms with Crippen molar-refractivity contribution in [3.63, 3.8) is 0 Å². The number of piperidine rings is 2. The van der Waals surface area contributed by atoms with Crippen molar-refractivity contribution < 1.29 is 5.11 Å². The van der Waals surface area contributed by atoms with Gasteiger partial charge in [-0.25, -0.2) is 9.97 Å². The first-order chi connectivity index (χ1) is 10.3. The van der Waals surface area contributed by atoms with Crippen LogP contribution in [0.2, 0.25) is 0 Å². The van der Waals surface area contributed by atoms with E-state index in [2.05, 4.69) is 28.2 Å². The van der Waals surface area contributed by atoms with Crippen molar-refractivity contribution >= 4 is 5.82 Å². The lowest BCUT2D eigenvalue weighted by Crippen LogP contribution is -2.37. The molecule has 2 N–H and O–H groups in total. The van der Waals surface area contributed by atoms with E-state index in [1.807, 2.05) is 0 Å². The Bertz CT molecular complexity index is 473. The van der Waals surface area contributed by atoms with Gasteiger partial charge in [-0.3, -0.25) is 0 Å². The number of hydrogen-bond acceptors (Lipinski definition) is 5.